The second-order valence-corrected chi connectivity index (χ2v) is 5.06. The first-order valence-corrected chi connectivity index (χ1v) is 6.94. The summed E-state index contributed by atoms with van der Waals surface area (Å²) in [6.45, 7) is 2.65. The molecular weight excluding hydrogens is 240 g/mol. The molecule has 0 spiro atoms. The van der Waals surface area contributed by atoms with Gasteiger partial charge in [-0.1, -0.05) is 31.5 Å². The Kier molecular flexibility index (Phi) is 4.80. The van der Waals surface area contributed by atoms with Crippen LogP contribution in [0.5, 0.6) is 5.75 Å². The van der Waals surface area contributed by atoms with Gasteiger partial charge in [-0.25, -0.2) is 0 Å². The van der Waals surface area contributed by atoms with Crippen LogP contribution in [0.15, 0.2) is 24.3 Å². The number of hydrogen-bond acceptors (Lipinski definition) is 3. The van der Waals surface area contributed by atoms with Crippen molar-refractivity contribution < 1.29 is 9.53 Å². The van der Waals surface area contributed by atoms with Gasteiger partial charge in [0.15, 0.2) is 6.61 Å². The fraction of sp³-hybridized carbons (Fsp3) is 0.533. The molecule has 3 N–H and O–H groups in total. The summed E-state index contributed by atoms with van der Waals surface area (Å²) >= 11 is 0. The summed E-state index contributed by atoms with van der Waals surface area (Å²) in [7, 11) is 0. The normalized spacial score (nSPS) is 20.9. The molecule has 2 rings (SSSR count). The summed E-state index contributed by atoms with van der Waals surface area (Å²) in [6, 6.07) is 7.90. The van der Waals surface area contributed by atoms with Crippen LogP contribution in [-0.4, -0.2) is 18.6 Å². The molecule has 19 heavy (non-hydrogen) atoms. The highest BCUT2D eigenvalue weighted by Gasteiger charge is 2.37. The molecule has 0 aliphatic heterocycles. The maximum absolute atomic E-state index is 11.7. The predicted octanol–water partition coefficient (Wildman–Crippen LogP) is 1.83. The van der Waals surface area contributed by atoms with E-state index in [9.17, 15) is 4.79 Å². The Morgan fingerprint density at radius 2 is 2.26 bits per heavy atom. The van der Waals surface area contributed by atoms with Crippen molar-refractivity contribution in [3.05, 3.63) is 29.8 Å². The van der Waals surface area contributed by atoms with Gasteiger partial charge < -0.3 is 15.8 Å². The third-order valence-corrected chi connectivity index (χ3v) is 3.48. The number of carbonyl (C=O) groups is 1. The molecule has 0 heterocycles. The number of nitrogens with one attached hydrogen (secondary N) is 1. The molecule has 1 aliphatic rings. The van der Waals surface area contributed by atoms with E-state index in [-0.39, 0.29) is 12.5 Å². The van der Waals surface area contributed by atoms with E-state index in [2.05, 4.69) is 12.2 Å². The lowest BCUT2D eigenvalue weighted by Gasteiger charge is -2.10. The molecule has 4 heteroatoms. The van der Waals surface area contributed by atoms with Gasteiger partial charge in [-0.05, 0) is 24.8 Å². The van der Waals surface area contributed by atoms with Crippen molar-refractivity contribution in [1.29, 1.82) is 0 Å². The minimum atomic E-state index is -0.0459. The van der Waals surface area contributed by atoms with E-state index in [0.717, 1.165) is 12.0 Å². The van der Waals surface area contributed by atoms with Gasteiger partial charge >= 0.3 is 0 Å². The predicted molar refractivity (Wildman–Crippen MR) is 74.8 cm³/mol. The van der Waals surface area contributed by atoms with E-state index in [4.69, 9.17) is 10.5 Å². The van der Waals surface area contributed by atoms with E-state index in [1.165, 1.54) is 12.8 Å². The van der Waals surface area contributed by atoms with Crippen LogP contribution in [0.3, 0.4) is 0 Å². The molecule has 0 saturated heterocycles. The molecule has 2 unspecified atom stereocenters. The zero-order valence-corrected chi connectivity index (χ0v) is 11.4. The summed E-state index contributed by atoms with van der Waals surface area (Å²) in [5, 5.41) is 3.00. The number of carbonyl (C=O) groups excluding carboxylic acids is 1. The second-order valence-electron chi connectivity index (χ2n) is 5.06. The minimum absolute atomic E-state index is 0.0459. The van der Waals surface area contributed by atoms with E-state index in [0.29, 0.717) is 24.3 Å². The standard InChI is InChI=1S/C15H22N2O2/c1-2-5-11-8-13(11)17-15(18)10-19-14-7-4-3-6-12(14)9-16/h3-4,6-7,11,13H,2,5,8-10,16H2,1H3,(H,17,18). The SMILES string of the molecule is CCCC1CC1NC(=O)COc1ccccc1CN. The van der Waals surface area contributed by atoms with Crippen LogP contribution in [0.25, 0.3) is 0 Å². The van der Waals surface area contributed by atoms with Crippen molar-refractivity contribution in [2.24, 2.45) is 11.7 Å². The summed E-state index contributed by atoms with van der Waals surface area (Å²) in [6.07, 6.45) is 3.48. The average Bonchev–Trinajstić information content (AvgIpc) is 3.15. The lowest BCUT2D eigenvalue weighted by Crippen LogP contribution is -2.31. The fourth-order valence-corrected chi connectivity index (χ4v) is 2.32. The topological polar surface area (TPSA) is 64.3 Å². The van der Waals surface area contributed by atoms with Gasteiger partial charge in [0.2, 0.25) is 0 Å². The monoisotopic (exact) mass is 262 g/mol. The third kappa shape index (κ3) is 3.96. The first-order chi connectivity index (χ1) is 9.24. The fourth-order valence-electron chi connectivity index (χ4n) is 2.32. The van der Waals surface area contributed by atoms with E-state index in [1.807, 2.05) is 24.3 Å². The molecule has 0 radical (unpaired) electrons. The number of ether oxygens (including phenoxy) is 1. The van der Waals surface area contributed by atoms with Gasteiger partial charge in [-0.3, -0.25) is 4.79 Å². The minimum Gasteiger partial charge on any atom is -0.483 e. The number of para-hydroxylation sites is 1. The maximum Gasteiger partial charge on any atom is 0.258 e. The molecule has 1 aliphatic carbocycles. The molecule has 104 valence electrons. The molecule has 2 atom stereocenters. The molecule has 1 aromatic rings. The zero-order valence-electron chi connectivity index (χ0n) is 11.4. The summed E-state index contributed by atoms with van der Waals surface area (Å²) in [4.78, 5) is 11.7. The van der Waals surface area contributed by atoms with Crippen molar-refractivity contribution in [3.8, 4) is 5.75 Å². The van der Waals surface area contributed by atoms with Gasteiger partial charge in [-0.2, -0.15) is 0 Å². The van der Waals surface area contributed by atoms with Crippen LogP contribution >= 0.6 is 0 Å². The molecule has 1 amide bonds. The number of nitrogens with two attached hydrogens (primary N) is 1. The maximum atomic E-state index is 11.7. The van der Waals surface area contributed by atoms with Crippen LogP contribution in [0.2, 0.25) is 0 Å². The largest absolute Gasteiger partial charge is 0.483 e. The summed E-state index contributed by atoms with van der Waals surface area (Å²) in [5.74, 6) is 1.32. The van der Waals surface area contributed by atoms with Crippen molar-refractivity contribution >= 4 is 5.91 Å². The number of rotatable bonds is 7. The highest BCUT2D eigenvalue weighted by Crippen LogP contribution is 2.34. The van der Waals surface area contributed by atoms with Crippen molar-refractivity contribution in [2.75, 3.05) is 6.61 Å². The molecule has 1 fully saturated rings. The Hall–Kier alpha value is -1.55. The molecule has 1 saturated carbocycles. The Labute approximate surface area is 114 Å². The molecule has 0 bridgehead atoms. The van der Waals surface area contributed by atoms with Crippen molar-refractivity contribution in [3.63, 3.8) is 0 Å². The van der Waals surface area contributed by atoms with Gasteiger partial charge in [0, 0.05) is 18.2 Å². The van der Waals surface area contributed by atoms with Crippen LogP contribution in [0.1, 0.15) is 31.7 Å². The Morgan fingerprint density at radius 1 is 1.47 bits per heavy atom. The van der Waals surface area contributed by atoms with Crippen LogP contribution < -0.4 is 15.8 Å². The quantitative estimate of drug-likeness (QED) is 0.788. The van der Waals surface area contributed by atoms with E-state index in [1.54, 1.807) is 0 Å². The van der Waals surface area contributed by atoms with E-state index >= 15 is 0 Å². The van der Waals surface area contributed by atoms with Crippen LogP contribution in [0.4, 0.5) is 0 Å². The first-order valence-electron chi connectivity index (χ1n) is 6.94. The number of benzene rings is 1. The number of hydrogen-bond donors (Lipinski definition) is 2. The van der Waals surface area contributed by atoms with Gasteiger partial charge in [0.1, 0.15) is 5.75 Å². The zero-order chi connectivity index (χ0) is 13.7. The lowest BCUT2D eigenvalue weighted by molar-refractivity contribution is -0.123. The van der Waals surface area contributed by atoms with Gasteiger partial charge in [-0.15, -0.1) is 0 Å². The van der Waals surface area contributed by atoms with Crippen LogP contribution in [-0.2, 0) is 11.3 Å². The average molecular weight is 262 g/mol. The van der Waals surface area contributed by atoms with Gasteiger partial charge in [0.05, 0.1) is 0 Å². The second kappa shape index (κ2) is 6.57. The lowest BCUT2D eigenvalue weighted by atomic mass is 10.2. The summed E-state index contributed by atoms with van der Waals surface area (Å²) in [5.41, 5.74) is 6.54. The smallest absolute Gasteiger partial charge is 0.258 e. The Bertz CT molecular complexity index is 434. The Balaban J connectivity index is 1.75. The first kappa shape index (κ1) is 13.9. The molecule has 0 aromatic heterocycles. The molecular formula is C15H22N2O2. The Morgan fingerprint density at radius 3 is 3.00 bits per heavy atom. The highest BCUT2D eigenvalue weighted by molar-refractivity contribution is 5.78. The van der Waals surface area contributed by atoms with Crippen molar-refractivity contribution in [2.45, 2.75) is 38.8 Å². The highest BCUT2D eigenvalue weighted by atomic mass is 16.5. The van der Waals surface area contributed by atoms with Crippen LogP contribution in [0, 0.1) is 5.92 Å². The summed E-state index contributed by atoms with van der Waals surface area (Å²) < 4.78 is 5.52. The van der Waals surface area contributed by atoms with Gasteiger partial charge in [0.25, 0.3) is 5.91 Å². The molecule has 4 nitrogen and oxygen atoms in total. The molecule has 1 aromatic carbocycles. The number of amides is 1. The van der Waals surface area contributed by atoms with Crippen molar-refractivity contribution in [1.82, 2.24) is 5.32 Å². The van der Waals surface area contributed by atoms with E-state index < -0.39 is 0 Å². The third-order valence-electron chi connectivity index (χ3n) is 3.48.